The molecule has 1 aliphatic heterocycles. The highest BCUT2D eigenvalue weighted by Gasteiger charge is 2.36. The van der Waals surface area contributed by atoms with Crippen LogP contribution < -0.4 is 26.6 Å². The van der Waals surface area contributed by atoms with E-state index >= 15 is 0 Å². The zero-order chi connectivity index (χ0) is 40.7. The van der Waals surface area contributed by atoms with Crippen molar-refractivity contribution in [3.8, 4) is 0 Å². The Hall–Kier alpha value is -6.45. The molecule has 3 aromatic carbocycles. The standard InChI is InChI=1S/C37H42N6O14/c44-29(40-33(35(48)57-43-30(45)16-17-31(43)46)42-37(50)56-25-53-21-28-14-8-3-9-15-28)18-38-34(47)32(39-22-54-23-51-19-26-10-4-1-5-11-26)41-36(49)55-24-52-20-27-12-6-2-7-13-27/h1-15,32-33,39H,16-25H2,(H,38,47)(H,40,44)(H,41,49)(H,42,50). The van der Waals surface area contributed by atoms with Crippen molar-refractivity contribution in [3.05, 3.63) is 108 Å². The van der Waals surface area contributed by atoms with Gasteiger partial charge < -0.3 is 43.9 Å². The number of rotatable bonds is 23. The van der Waals surface area contributed by atoms with Crippen molar-refractivity contribution in [1.29, 1.82) is 0 Å². The van der Waals surface area contributed by atoms with Crippen LogP contribution >= 0.6 is 0 Å². The number of nitrogens with zero attached hydrogens (tertiary/aromatic N) is 1. The Morgan fingerprint density at radius 3 is 1.53 bits per heavy atom. The molecule has 1 aliphatic rings. The quantitative estimate of drug-likeness (QED) is 0.0511. The average Bonchev–Trinajstić information content (AvgIpc) is 3.54. The predicted octanol–water partition coefficient (Wildman–Crippen LogP) is 1.02. The molecule has 2 unspecified atom stereocenters. The summed E-state index contributed by atoms with van der Waals surface area (Å²) in [5, 5.41) is 11.5. The van der Waals surface area contributed by atoms with Crippen molar-refractivity contribution in [2.24, 2.45) is 0 Å². The summed E-state index contributed by atoms with van der Waals surface area (Å²) >= 11 is 0. The van der Waals surface area contributed by atoms with Crippen LogP contribution in [0.5, 0.6) is 0 Å². The lowest BCUT2D eigenvalue weighted by Gasteiger charge is -2.22. The number of hydrogen-bond acceptors (Lipinski definition) is 15. The molecule has 0 bridgehead atoms. The summed E-state index contributed by atoms with van der Waals surface area (Å²) in [5.41, 5.74) is 2.52. The third kappa shape index (κ3) is 16.4. The number of carbonyl (C=O) groups is 7. The van der Waals surface area contributed by atoms with Crippen LogP contribution in [0.1, 0.15) is 29.5 Å². The smallest absolute Gasteiger partial charge is 0.411 e. The molecule has 1 fully saturated rings. The minimum atomic E-state index is -2.01. The molecule has 57 heavy (non-hydrogen) atoms. The molecule has 304 valence electrons. The van der Waals surface area contributed by atoms with E-state index in [9.17, 15) is 33.6 Å². The van der Waals surface area contributed by atoms with E-state index in [0.29, 0.717) is 0 Å². The molecule has 0 spiro atoms. The average molecular weight is 795 g/mol. The summed E-state index contributed by atoms with van der Waals surface area (Å²) in [7, 11) is 0. The highest BCUT2D eigenvalue weighted by atomic mass is 16.7. The van der Waals surface area contributed by atoms with Gasteiger partial charge >= 0.3 is 18.2 Å². The Morgan fingerprint density at radius 1 is 0.579 bits per heavy atom. The summed E-state index contributed by atoms with van der Waals surface area (Å²) in [6, 6.07) is 27.3. The molecule has 2 atom stereocenters. The molecule has 0 aromatic heterocycles. The van der Waals surface area contributed by atoms with Gasteiger partial charge in [0.1, 0.15) is 13.5 Å². The van der Waals surface area contributed by atoms with E-state index < -0.39 is 74.2 Å². The minimum Gasteiger partial charge on any atom is -0.422 e. The maximum atomic E-state index is 13.1. The van der Waals surface area contributed by atoms with Gasteiger partial charge in [-0.1, -0.05) is 91.0 Å². The molecule has 1 saturated heterocycles. The second-order valence-electron chi connectivity index (χ2n) is 11.7. The van der Waals surface area contributed by atoms with Crippen LogP contribution in [0.3, 0.4) is 0 Å². The molecular weight excluding hydrogens is 752 g/mol. The van der Waals surface area contributed by atoms with Gasteiger partial charge in [-0.3, -0.25) is 35.1 Å². The number of hydroxylamine groups is 2. The van der Waals surface area contributed by atoms with Gasteiger partial charge in [-0.05, 0) is 16.7 Å². The molecule has 6 amide bonds. The molecule has 4 rings (SSSR count). The molecule has 0 aliphatic carbocycles. The second-order valence-corrected chi connectivity index (χ2v) is 11.7. The molecule has 0 saturated carbocycles. The van der Waals surface area contributed by atoms with Crippen molar-refractivity contribution in [1.82, 2.24) is 31.6 Å². The molecule has 0 radical (unpaired) electrons. The fourth-order valence-corrected chi connectivity index (χ4v) is 4.60. The number of benzene rings is 3. The summed E-state index contributed by atoms with van der Waals surface area (Å²) in [4.78, 5) is 92.9. The van der Waals surface area contributed by atoms with Gasteiger partial charge in [-0.2, -0.15) is 0 Å². The number of carbonyl (C=O) groups excluding carboxylic acids is 7. The second kappa shape index (κ2) is 24.1. The molecule has 3 aromatic rings. The largest absolute Gasteiger partial charge is 0.422 e. The highest BCUT2D eigenvalue weighted by molar-refractivity contribution is 6.02. The summed E-state index contributed by atoms with van der Waals surface area (Å²) in [6.45, 7) is -1.84. The fraction of sp³-hybridized carbons (Fsp3) is 0.324. The number of hydrogen-bond donors (Lipinski definition) is 5. The van der Waals surface area contributed by atoms with Gasteiger partial charge in [0.05, 0.1) is 26.4 Å². The Labute approximate surface area is 326 Å². The van der Waals surface area contributed by atoms with Crippen LogP contribution in [0.2, 0.25) is 0 Å². The Balaban J connectivity index is 1.29. The number of alkyl carbamates (subject to hydrolysis) is 2. The number of nitrogens with one attached hydrogen (secondary N) is 5. The van der Waals surface area contributed by atoms with Crippen molar-refractivity contribution >= 4 is 41.8 Å². The molecular formula is C37H42N6O14. The van der Waals surface area contributed by atoms with Gasteiger partial charge in [0.2, 0.25) is 12.1 Å². The maximum Gasteiger partial charge on any atom is 0.411 e. The normalized spacial score (nSPS) is 13.2. The van der Waals surface area contributed by atoms with E-state index in [1.54, 1.807) is 24.3 Å². The van der Waals surface area contributed by atoms with Crippen LogP contribution in [0, 0.1) is 0 Å². The maximum absolute atomic E-state index is 13.1. The molecule has 20 nitrogen and oxygen atoms in total. The van der Waals surface area contributed by atoms with Crippen LogP contribution in [-0.2, 0) is 77.1 Å². The number of imide groups is 1. The van der Waals surface area contributed by atoms with E-state index in [2.05, 4.69) is 21.3 Å². The lowest BCUT2D eigenvalue weighted by atomic mass is 10.2. The van der Waals surface area contributed by atoms with Crippen LogP contribution in [0.25, 0.3) is 0 Å². The highest BCUT2D eigenvalue weighted by Crippen LogP contribution is 2.12. The van der Waals surface area contributed by atoms with Crippen LogP contribution in [-0.4, -0.2) is 92.8 Å². The zero-order valence-electron chi connectivity index (χ0n) is 30.5. The lowest BCUT2D eigenvalue weighted by molar-refractivity contribution is -0.199. The Morgan fingerprint density at radius 2 is 1.04 bits per heavy atom. The SMILES string of the molecule is O=C(CNC(=O)C(NCOCOCc1ccccc1)NC(=O)OCOCc1ccccc1)NC(NC(=O)OCOCc1ccccc1)C(=O)ON1C(=O)CCC1=O. The van der Waals surface area contributed by atoms with Gasteiger partial charge in [0.25, 0.3) is 17.7 Å². The van der Waals surface area contributed by atoms with Crippen LogP contribution in [0.15, 0.2) is 91.0 Å². The Kier molecular flexibility index (Phi) is 18.3. The third-order valence-electron chi connectivity index (χ3n) is 7.38. The first-order valence-electron chi connectivity index (χ1n) is 17.4. The predicted molar refractivity (Wildman–Crippen MR) is 193 cm³/mol. The van der Waals surface area contributed by atoms with E-state index in [1.165, 1.54) is 0 Å². The van der Waals surface area contributed by atoms with Crippen molar-refractivity contribution in [3.63, 3.8) is 0 Å². The lowest BCUT2D eigenvalue weighted by Crippen LogP contribution is -2.59. The number of amides is 6. The fourth-order valence-electron chi connectivity index (χ4n) is 4.60. The minimum absolute atomic E-state index is 0.0911. The van der Waals surface area contributed by atoms with E-state index in [0.717, 1.165) is 16.7 Å². The summed E-state index contributed by atoms with van der Waals surface area (Å²) < 4.78 is 31.3. The van der Waals surface area contributed by atoms with Crippen molar-refractivity contribution in [2.45, 2.75) is 45.0 Å². The van der Waals surface area contributed by atoms with Gasteiger partial charge in [0, 0.05) is 12.8 Å². The third-order valence-corrected chi connectivity index (χ3v) is 7.38. The van der Waals surface area contributed by atoms with Crippen LogP contribution in [0.4, 0.5) is 9.59 Å². The summed E-state index contributed by atoms with van der Waals surface area (Å²) in [6.07, 6.45) is -6.30. The molecule has 1 heterocycles. The number of ether oxygens (including phenoxy) is 6. The molecule has 20 heteroatoms. The first-order valence-corrected chi connectivity index (χ1v) is 17.4. The van der Waals surface area contributed by atoms with Gasteiger partial charge in [-0.15, -0.1) is 5.06 Å². The first kappa shape index (κ1) is 43.3. The van der Waals surface area contributed by atoms with Crippen molar-refractivity contribution in [2.75, 3.05) is 33.7 Å². The van der Waals surface area contributed by atoms with Crippen molar-refractivity contribution < 1.29 is 66.8 Å². The topological polar surface area (TPSA) is 247 Å². The molecule has 5 N–H and O–H groups in total. The summed E-state index contributed by atoms with van der Waals surface area (Å²) in [5.74, 6) is -5.10. The Bertz CT molecular complexity index is 1750. The van der Waals surface area contributed by atoms with E-state index in [1.807, 2.05) is 72.0 Å². The van der Waals surface area contributed by atoms with Gasteiger partial charge in [-0.25, -0.2) is 14.4 Å². The van der Waals surface area contributed by atoms with Gasteiger partial charge in [0.15, 0.2) is 19.8 Å². The first-order chi connectivity index (χ1) is 27.7. The monoisotopic (exact) mass is 794 g/mol. The zero-order valence-corrected chi connectivity index (χ0v) is 30.5. The van der Waals surface area contributed by atoms with E-state index in [-0.39, 0.29) is 51.2 Å². The van der Waals surface area contributed by atoms with E-state index in [4.69, 9.17) is 33.3 Å².